The van der Waals surface area contributed by atoms with E-state index in [1.165, 1.54) is 19.1 Å². The molecule has 0 aromatic heterocycles. The molecule has 0 unspecified atom stereocenters. The molecule has 1 N–H and O–H groups in total. The Bertz CT molecular complexity index is 428. The van der Waals surface area contributed by atoms with Gasteiger partial charge < -0.3 is 0 Å². The second kappa shape index (κ2) is 3.96. The molecule has 0 saturated heterocycles. The third-order valence-electron chi connectivity index (χ3n) is 1.77. The fraction of sp³-hybridized carbons (Fsp3) is 0.333. The molecular formula is C9H12FNO2S. The van der Waals surface area contributed by atoms with Crippen LogP contribution in [0, 0.1) is 12.7 Å². The molecule has 0 fully saturated rings. The maximum atomic E-state index is 13.2. The van der Waals surface area contributed by atoms with Crippen LogP contribution in [0.25, 0.3) is 0 Å². The molecule has 0 aliphatic heterocycles. The molecule has 0 bridgehead atoms. The van der Waals surface area contributed by atoms with Gasteiger partial charge in [0, 0.05) is 0 Å². The van der Waals surface area contributed by atoms with Crippen molar-refractivity contribution in [2.45, 2.75) is 13.8 Å². The summed E-state index contributed by atoms with van der Waals surface area (Å²) in [5, 5.41) is 0. The minimum absolute atomic E-state index is 0.00236. The molecule has 0 aliphatic rings. The van der Waals surface area contributed by atoms with E-state index in [1.807, 2.05) is 0 Å². The largest absolute Gasteiger partial charge is 0.281 e. The number of hydrogen-bond donors (Lipinski definition) is 1. The maximum absolute atomic E-state index is 13.2. The fourth-order valence-corrected chi connectivity index (χ4v) is 1.59. The van der Waals surface area contributed by atoms with Gasteiger partial charge in [0.15, 0.2) is 0 Å². The Labute approximate surface area is 83.0 Å². The zero-order valence-corrected chi connectivity index (χ0v) is 8.86. The van der Waals surface area contributed by atoms with E-state index in [2.05, 4.69) is 4.72 Å². The molecule has 78 valence electrons. The Morgan fingerprint density at radius 3 is 2.57 bits per heavy atom. The van der Waals surface area contributed by atoms with Crippen molar-refractivity contribution in [2.24, 2.45) is 0 Å². The summed E-state index contributed by atoms with van der Waals surface area (Å²) < 4.78 is 37.6. The fourth-order valence-electron chi connectivity index (χ4n) is 0.943. The van der Waals surface area contributed by atoms with E-state index in [4.69, 9.17) is 0 Å². The summed E-state index contributed by atoms with van der Waals surface area (Å²) in [6.07, 6.45) is 0. The molecule has 0 aliphatic carbocycles. The van der Waals surface area contributed by atoms with Gasteiger partial charge in [-0.2, -0.15) is 0 Å². The zero-order chi connectivity index (χ0) is 10.8. The van der Waals surface area contributed by atoms with Crippen molar-refractivity contribution in [2.75, 3.05) is 10.5 Å². The molecule has 5 heteroatoms. The molecule has 1 aromatic rings. The van der Waals surface area contributed by atoms with E-state index >= 15 is 0 Å². The van der Waals surface area contributed by atoms with Crippen LogP contribution in [0.3, 0.4) is 0 Å². The van der Waals surface area contributed by atoms with E-state index in [0.29, 0.717) is 0 Å². The predicted octanol–water partition coefficient (Wildman–Crippen LogP) is 1.90. The summed E-state index contributed by atoms with van der Waals surface area (Å²) in [6, 6.07) is 4.35. The molecule has 0 amide bonds. The van der Waals surface area contributed by atoms with Crippen LogP contribution in [-0.4, -0.2) is 14.2 Å². The van der Waals surface area contributed by atoms with Crippen LogP contribution in [-0.2, 0) is 10.0 Å². The van der Waals surface area contributed by atoms with E-state index in [9.17, 15) is 12.8 Å². The summed E-state index contributed by atoms with van der Waals surface area (Å²) in [5.74, 6) is -0.623. The Balaban J connectivity index is 2.99. The summed E-state index contributed by atoms with van der Waals surface area (Å²) in [6.45, 7) is 3.23. The summed E-state index contributed by atoms with van der Waals surface area (Å²) in [5.41, 5.74) is 0.749. The molecule has 1 aromatic carbocycles. The summed E-state index contributed by atoms with van der Waals surface area (Å²) >= 11 is 0. The highest BCUT2D eigenvalue weighted by Gasteiger charge is 2.09. The molecule has 0 saturated carbocycles. The van der Waals surface area contributed by atoms with Gasteiger partial charge in [-0.1, -0.05) is 6.07 Å². The summed E-state index contributed by atoms with van der Waals surface area (Å²) in [4.78, 5) is 0. The standard InChI is InChI=1S/C9H12FNO2S/c1-3-14(12,13)11-9-5-4-7(2)6-8(9)10/h4-6,11H,3H2,1-2H3. The van der Waals surface area contributed by atoms with Crippen LogP contribution in [0.5, 0.6) is 0 Å². The van der Waals surface area contributed by atoms with E-state index in [1.54, 1.807) is 13.0 Å². The second-order valence-electron chi connectivity index (χ2n) is 2.99. The first-order valence-corrected chi connectivity index (χ1v) is 5.86. The summed E-state index contributed by atoms with van der Waals surface area (Å²) in [7, 11) is -3.40. The minimum Gasteiger partial charge on any atom is -0.281 e. The molecule has 0 radical (unpaired) electrons. The topological polar surface area (TPSA) is 46.2 Å². The van der Waals surface area contributed by atoms with Gasteiger partial charge in [0.1, 0.15) is 5.82 Å². The van der Waals surface area contributed by atoms with Gasteiger partial charge in [0.2, 0.25) is 10.0 Å². The van der Waals surface area contributed by atoms with Gasteiger partial charge >= 0.3 is 0 Å². The number of halogens is 1. The molecule has 0 spiro atoms. The highest BCUT2D eigenvalue weighted by Crippen LogP contribution is 2.16. The lowest BCUT2D eigenvalue weighted by Gasteiger charge is -2.07. The molecule has 1 rings (SSSR count). The third-order valence-corrected chi connectivity index (χ3v) is 3.06. The lowest BCUT2D eigenvalue weighted by atomic mass is 10.2. The molecule has 3 nitrogen and oxygen atoms in total. The quantitative estimate of drug-likeness (QED) is 0.840. The lowest BCUT2D eigenvalue weighted by molar-refractivity contribution is 0.599. The van der Waals surface area contributed by atoms with Gasteiger partial charge in [-0.25, -0.2) is 12.8 Å². The van der Waals surface area contributed by atoms with Crippen LogP contribution < -0.4 is 4.72 Å². The van der Waals surface area contributed by atoms with Crippen LogP contribution in [0.15, 0.2) is 18.2 Å². The maximum Gasteiger partial charge on any atom is 0.232 e. The van der Waals surface area contributed by atoms with Crippen molar-refractivity contribution in [3.8, 4) is 0 Å². The Morgan fingerprint density at radius 1 is 1.43 bits per heavy atom. The van der Waals surface area contributed by atoms with Crippen molar-refractivity contribution in [3.05, 3.63) is 29.6 Å². The van der Waals surface area contributed by atoms with Crippen LogP contribution in [0.1, 0.15) is 12.5 Å². The van der Waals surface area contributed by atoms with Crippen molar-refractivity contribution < 1.29 is 12.8 Å². The van der Waals surface area contributed by atoms with Crippen LogP contribution in [0.4, 0.5) is 10.1 Å². The smallest absolute Gasteiger partial charge is 0.232 e. The van der Waals surface area contributed by atoms with Gasteiger partial charge in [-0.3, -0.25) is 4.72 Å². The van der Waals surface area contributed by atoms with Gasteiger partial charge in [0.05, 0.1) is 11.4 Å². The van der Waals surface area contributed by atoms with Gasteiger partial charge in [0.25, 0.3) is 0 Å². The molecule has 0 atom stereocenters. The number of sulfonamides is 1. The second-order valence-corrected chi connectivity index (χ2v) is 5.00. The first-order chi connectivity index (χ1) is 6.44. The first kappa shape index (κ1) is 11.0. The number of hydrogen-bond acceptors (Lipinski definition) is 2. The van der Waals surface area contributed by atoms with Crippen LogP contribution >= 0.6 is 0 Å². The number of nitrogens with one attached hydrogen (secondary N) is 1. The van der Waals surface area contributed by atoms with Crippen molar-refractivity contribution in [1.82, 2.24) is 0 Å². The third kappa shape index (κ3) is 2.70. The van der Waals surface area contributed by atoms with E-state index in [0.717, 1.165) is 5.56 Å². The SMILES string of the molecule is CCS(=O)(=O)Nc1ccc(C)cc1F. The highest BCUT2D eigenvalue weighted by atomic mass is 32.2. The predicted molar refractivity (Wildman–Crippen MR) is 54.2 cm³/mol. The Hall–Kier alpha value is -1.10. The highest BCUT2D eigenvalue weighted by molar-refractivity contribution is 7.92. The average Bonchev–Trinajstić information content (AvgIpc) is 2.10. The van der Waals surface area contributed by atoms with Crippen molar-refractivity contribution >= 4 is 15.7 Å². The first-order valence-electron chi connectivity index (χ1n) is 4.21. The average molecular weight is 217 g/mol. The molecule has 14 heavy (non-hydrogen) atoms. The van der Waals surface area contributed by atoms with Gasteiger partial charge in [-0.05, 0) is 31.5 Å². The van der Waals surface area contributed by atoms with Crippen LogP contribution in [0.2, 0.25) is 0 Å². The lowest BCUT2D eigenvalue weighted by Crippen LogP contribution is -2.15. The number of aryl methyl sites for hydroxylation is 1. The van der Waals surface area contributed by atoms with Gasteiger partial charge in [-0.15, -0.1) is 0 Å². The molecular weight excluding hydrogens is 205 g/mol. The minimum atomic E-state index is -3.40. The monoisotopic (exact) mass is 217 g/mol. The zero-order valence-electron chi connectivity index (χ0n) is 8.04. The van der Waals surface area contributed by atoms with E-state index in [-0.39, 0.29) is 11.4 Å². The van der Waals surface area contributed by atoms with Crippen molar-refractivity contribution in [1.29, 1.82) is 0 Å². The van der Waals surface area contributed by atoms with E-state index < -0.39 is 15.8 Å². The number of anilines is 1. The normalized spacial score (nSPS) is 11.4. The van der Waals surface area contributed by atoms with Crippen molar-refractivity contribution in [3.63, 3.8) is 0 Å². The number of rotatable bonds is 3. The molecule has 0 heterocycles. The Kier molecular flexibility index (Phi) is 3.10. The Morgan fingerprint density at radius 2 is 2.07 bits per heavy atom. The number of benzene rings is 1.